The maximum absolute atomic E-state index is 14.1. The van der Waals surface area contributed by atoms with Crippen molar-refractivity contribution in [3.05, 3.63) is 33.7 Å². The summed E-state index contributed by atoms with van der Waals surface area (Å²) < 4.78 is 79.3. The van der Waals surface area contributed by atoms with E-state index in [4.69, 9.17) is 5.53 Å². The summed E-state index contributed by atoms with van der Waals surface area (Å²) in [5, 5.41) is 2.56. The van der Waals surface area contributed by atoms with Crippen LogP contribution in [0.2, 0.25) is 0 Å². The molecule has 0 N–H and O–H groups in total. The minimum Gasteiger partial charge on any atom is -0.327 e. The monoisotopic (exact) mass is 384 g/mol. The highest BCUT2D eigenvalue weighted by Gasteiger charge is 2.30. The molecule has 0 saturated carbocycles. The first kappa shape index (κ1) is 21.0. The van der Waals surface area contributed by atoms with Crippen molar-refractivity contribution in [2.24, 2.45) is 5.11 Å². The Morgan fingerprint density at radius 3 is 2.00 bits per heavy atom. The molecule has 0 spiro atoms. The molecule has 0 heterocycles. The largest absolute Gasteiger partial charge is 0.327 e. The highest BCUT2D eigenvalue weighted by Crippen LogP contribution is 2.35. The van der Waals surface area contributed by atoms with Crippen molar-refractivity contribution in [1.29, 1.82) is 0 Å². The highest BCUT2D eigenvalue weighted by molar-refractivity contribution is 7.74. The number of hydrogen-bond donors (Lipinski definition) is 1. The number of benzene rings is 1. The maximum Gasteiger partial charge on any atom is 0.225 e. The van der Waals surface area contributed by atoms with Gasteiger partial charge in [-0.2, -0.15) is 0 Å². The standard InChI is InChI=1S/C13H18F4N5O2S/c1-4-6-22(2,3)7-5-21(25(23)24)13-10(16)8(14)12(19-20-18)9(15)11(13)17/h25H,4-7H2,1-3H3/q+1. The summed E-state index contributed by atoms with van der Waals surface area (Å²) in [6.07, 6.45) is 0.781. The first-order valence-electron chi connectivity index (χ1n) is 7.22. The zero-order valence-electron chi connectivity index (χ0n) is 13.8. The van der Waals surface area contributed by atoms with Crippen LogP contribution in [0.4, 0.5) is 28.9 Å². The van der Waals surface area contributed by atoms with E-state index in [0.29, 0.717) is 11.0 Å². The van der Waals surface area contributed by atoms with Crippen LogP contribution in [-0.4, -0.2) is 46.6 Å². The lowest BCUT2D eigenvalue weighted by molar-refractivity contribution is -0.888. The normalized spacial score (nSPS) is 11.5. The fourth-order valence-corrected chi connectivity index (χ4v) is 2.92. The molecule has 1 aromatic rings. The van der Waals surface area contributed by atoms with Crippen molar-refractivity contribution in [1.82, 2.24) is 0 Å². The van der Waals surface area contributed by atoms with Crippen LogP contribution in [0.25, 0.3) is 10.4 Å². The Balaban J connectivity index is 3.41. The molecular weight excluding hydrogens is 366 g/mol. The van der Waals surface area contributed by atoms with Crippen molar-refractivity contribution >= 4 is 22.3 Å². The smallest absolute Gasteiger partial charge is 0.225 e. The molecule has 0 aliphatic rings. The Kier molecular flexibility index (Phi) is 7.03. The van der Waals surface area contributed by atoms with Crippen molar-refractivity contribution in [2.75, 3.05) is 38.0 Å². The van der Waals surface area contributed by atoms with Gasteiger partial charge in [0.1, 0.15) is 11.4 Å². The van der Waals surface area contributed by atoms with Gasteiger partial charge in [-0.3, -0.25) is 4.31 Å². The predicted octanol–water partition coefficient (Wildman–Crippen LogP) is 3.00. The molecule has 1 aromatic carbocycles. The second kappa shape index (κ2) is 8.37. The Morgan fingerprint density at radius 2 is 1.60 bits per heavy atom. The summed E-state index contributed by atoms with van der Waals surface area (Å²) in [7, 11) is -0.0187. The van der Waals surface area contributed by atoms with Crippen LogP contribution in [0.5, 0.6) is 0 Å². The van der Waals surface area contributed by atoms with Gasteiger partial charge in [-0.05, 0) is 12.0 Å². The molecule has 7 nitrogen and oxygen atoms in total. The van der Waals surface area contributed by atoms with Crippen molar-refractivity contribution < 1.29 is 30.5 Å². The fraction of sp³-hybridized carbons (Fsp3) is 0.538. The molecule has 0 amide bonds. The quantitative estimate of drug-likeness (QED) is 0.142. The summed E-state index contributed by atoms with van der Waals surface area (Å²) in [6.45, 7) is 2.33. The molecule has 0 aromatic heterocycles. The van der Waals surface area contributed by atoms with E-state index in [0.717, 1.165) is 6.42 Å². The van der Waals surface area contributed by atoms with E-state index < -0.39 is 45.5 Å². The van der Waals surface area contributed by atoms with Crippen molar-refractivity contribution in [3.8, 4) is 0 Å². The van der Waals surface area contributed by atoms with Crippen LogP contribution in [0, 0.1) is 23.3 Å². The third-order valence-electron chi connectivity index (χ3n) is 3.56. The summed E-state index contributed by atoms with van der Waals surface area (Å²) in [4.78, 5) is 2.08. The Hall–Kier alpha value is -2.04. The molecule has 0 fully saturated rings. The topological polar surface area (TPSA) is 86.1 Å². The van der Waals surface area contributed by atoms with Gasteiger partial charge in [0.05, 0.1) is 33.7 Å². The van der Waals surface area contributed by atoms with Crippen LogP contribution in [0.3, 0.4) is 0 Å². The van der Waals surface area contributed by atoms with Crippen molar-refractivity contribution in [3.63, 3.8) is 0 Å². The Bertz CT molecular complexity index is 741. The molecule has 25 heavy (non-hydrogen) atoms. The highest BCUT2D eigenvalue weighted by atomic mass is 32.2. The van der Waals surface area contributed by atoms with Gasteiger partial charge < -0.3 is 4.48 Å². The van der Waals surface area contributed by atoms with E-state index in [-0.39, 0.29) is 17.4 Å². The summed E-state index contributed by atoms with van der Waals surface area (Å²) in [5.74, 6) is -7.81. The second-order valence-electron chi connectivity index (χ2n) is 5.89. The lowest BCUT2D eigenvalue weighted by atomic mass is 10.2. The third kappa shape index (κ3) is 4.74. The lowest BCUT2D eigenvalue weighted by Gasteiger charge is -2.31. The molecular formula is C13H18F4N5O2S+. The molecule has 140 valence electrons. The molecule has 0 unspecified atom stereocenters. The average Bonchev–Trinajstić information content (AvgIpc) is 2.52. The number of nitrogens with zero attached hydrogens (tertiary/aromatic N) is 5. The minimum absolute atomic E-state index is 0.150. The van der Waals surface area contributed by atoms with E-state index in [1.54, 1.807) is 14.1 Å². The van der Waals surface area contributed by atoms with Gasteiger partial charge in [-0.1, -0.05) is 12.0 Å². The number of hydrogen-bond acceptors (Lipinski definition) is 3. The molecule has 0 atom stereocenters. The minimum atomic E-state index is -3.57. The summed E-state index contributed by atoms with van der Waals surface area (Å²) in [5.41, 5.74) is 5.34. The van der Waals surface area contributed by atoms with E-state index in [1.807, 2.05) is 6.92 Å². The summed E-state index contributed by atoms with van der Waals surface area (Å²) >= 11 is 0. The van der Waals surface area contributed by atoms with E-state index in [9.17, 15) is 26.0 Å². The SMILES string of the molecule is CCC[N+](C)(C)CCN(c1c(F)c(F)c(N=[N+]=[N-])c(F)c1F)[SH](=O)=O. The number of likely N-dealkylation sites (N-methyl/N-ethyl adjacent to an activating group) is 1. The van der Waals surface area contributed by atoms with Crippen LogP contribution in [0.1, 0.15) is 13.3 Å². The Morgan fingerprint density at radius 1 is 1.08 bits per heavy atom. The molecule has 1 rings (SSSR count). The molecule has 0 aliphatic carbocycles. The van der Waals surface area contributed by atoms with Gasteiger partial charge in [0.15, 0.2) is 23.3 Å². The zero-order chi connectivity index (χ0) is 19.4. The number of quaternary nitrogens is 1. The third-order valence-corrected chi connectivity index (χ3v) is 4.36. The van der Waals surface area contributed by atoms with E-state index in [2.05, 4.69) is 10.0 Å². The first-order chi connectivity index (χ1) is 11.6. The van der Waals surface area contributed by atoms with Gasteiger partial charge in [0, 0.05) is 4.91 Å². The second-order valence-corrected chi connectivity index (χ2v) is 6.85. The van der Waals surface area contributed by atoms with E-state index in [1.165, 1.54) is 0 Å². The summed E-state index contributed by atoms with van der Waals surface area (Å²) in [6, 6.07) is 0. The van der Waals surface area contributed by atoms with Gasteiger partial charge in [-0.25, -0.2) is 26.0 Å². The molecule has 0 aliphatic heterocycles. The van der Waals surface area contributed by atoms with E-state index >= 15 is 0 Å². The zero-order valence-corrected chi connectivity index (χ0v) is 14.7. The number of rotatable bonds is 8. The van der Waals surface area contributed by atoms with Gasteiger partial charge in [0.25, 0.3) is 0 Å². The molecule has 12 heteroatoms. The number of thiol groups is 1. The predicted molar refractivity (Wildman–Crippen MR) is 84.9 cm³/mol. The van der Waals surface area contributed by atoms with Crippen LogP contribution < -0.4 is 4.31 Å². The molecule has 0 radical (unpaired) electrons. The van der Waals surface area contributed by atoms with Crippen LogP contribution in [-0.2, 0) is 10.9 Å². The van der Waals surface area contributed by atoms with Gasteiger partial charge in [0.2, 0.25) is 10.9 Å². The van der Waals surface area contributed by atoms with Gasteiger partial charge >= 0.3 is 0 Å². The Labute approximate surface area is 143 Å². The van der Waals surface area contributed by atoms with Crippen molar-refractivity contribution in [2.45, 2.75) is 13.3 Å². The maximum atomic E-state index is 14.1. The number of anilines is 1. The van der Waals surface area contributed by atoms with Crippen LogP contribution in [0.15, 0.2) is 5.11 Å². The van der Waals surface area contributed by atoms with Crippen LogP contribution >= 0.6 is 0 Å². The lowest BCUT2D eigenvalue weighted by Crippen LogP contribution is -2.46. The number of halogens is 4. The molecule has 0 saturated heterocycles. The fourth-order valence-electron chi connectivity index (χ4n) is 2.33. The average molecular weight is 384 g/mol. The molecule has 0 bridgehead atoms. The van der Waals surface area contributed by atoms with Gasteiger partial charge in [-0.15, -0.1) is 0 Å². The number of azide groups is 1. The first-order valence-corrected chi connectivity index (χ1v) is 8.35.